The number of carbonyl (C=O) groups excluding carboxylic acids is 2. The first-order valence-electron chi connectivity index (χ1n) is 9.03. The van der Waals surface area contributed by atoms with Crippen molar-refractivity contribution in [2.24, 2.45) is 5.41 Å². The van der Waals surface area contributed by atoms with Gasteiger partial charge in [-0.3, -0.25) is 9.59 Å². The SMILES string of the molecule is O=C1CC[C@@]2(CCCN(C(=O)Cc3ccc(F)cc3F)C2)CN1CCO. The largest absolute Gasteiger partial charge is 0.395 e. The molecule has 0 unspecified atom stereocenters. The van der Waals surface area contributed by atoms with Crippen LogP contribution in [0.4, 0.5) is 8.78 Å². The fraction of sp³-hybridized carbons (Fsp3) is 0.579. The third-order valence-electron chi connectivity index (χ3n) is 5.49. The predicted octanol–water partition coefficient (Wildman–Crippen LogP) is 1.73. The maximum atomic E-state index is 13.8. The van der Waals surface area contributed by atoms with Gasteiger partial charge in [-0.1, -0.05) is 6.07 Å². The number of aliphatic hydroxyl groups excluding tert-OH is 1. The van der Waals surface area contributed by atoms with E-state index in [2.05, 4.69) is 0 Å². The summed E-state index contributed by atoms with van der Waals surface area (Å²) in [5.41, 5.74) is 0.0370. The Bertz CT molecular complexity index is 697. The van der Waals surface area contributed by atoms with E-state index in [-0.39, 0.29) is 35.8 Å². The van der Waals surface area contributed by atoms with Gasteiger partial charge in [0.25, 0.3) is 0 Å². The van der Waals surface area contributed by atoms with E-state index >= 15 is 0 Å². The summed E-state index contributed by atoms with van der Waals surface area (Å²) in [6.07, 6.45) is 2.81. The lowest BCUT2D eigenvalue weighted by Crippen LogP contribution is -2.55. The zero-order chi connectivity index (χ0) is 18.7. The maximum Gasteiger partial charge on any atom is 0.227 e. The lowest BCUT2D eigenvalue weighted by atomic mass is 9.73. The number of likely N-dealkylation sites (tertiary alicyclic amines) is 2. The number of nitrogens with zero attached hydrogens (tertiary/aromatic N) is 2. The number of benzene rings is 1. The number of carbonyl (C=O) groups is 2. The minimum absolute atomic E-state index is 0.0431. The quantitative estimate of drug-likeness (QED) is 0.883. The van der Waals surface area contributed by atoms with Gasteiger partial charge in [0.15, 0.2) is 0 Å². The number of aliphatic hydroxyl groups is 1. The van der Waals surface area contributed by atoms with Crippen molar-refractivity contribution in [2.45, 2.75) is 32.1 Å². The molecule has 0 aromatic heterocycles. The average molecular weight is 366 g/mol. The molecule has 3 rings (SSSR count). The number of halogens is 2. The molecule has 142 valence electrons. The molecular weight excluding hydrogens is 342 g/mol. The van der Waals surface area contributed by atoms with E-state index in [9.17, 15) is 18.4 Å². The third kappa shape index (κ3) is 4.03. The molecule has 1 atom stereocenters. The van der Waals surface area contributed by atoms with Crippen LogP contribution in [-0.4, -0.2) is 59.5 Å². The van der Waals surface area contributed by atoms with E-state index in [1.54, 1.807) is 9.80 Å². The van der Waals surface area contributed by atoms with Crippen molar-refractivity contribution in [3.8, 4) is 0 Å². The van der Waals surface area contributed by atoms with E-state index in [1.807, 2.05) is 0 Å². The summed E-state index contributed by atoms with van der Waals surface area (Å²) in [5, 5.41) is 9.15. The van der Waals surface area contributed by atoms with Crippen molar-refractivity contribution in [3.63, 3.8) is 0 Å². The van der Waals surface area contributed by atoms with Crippen LogP contribution >= 0.6 is 0 Å². The van der Waals surface area contributed by atoms with Gasteiger partial charge < -0.3 is 14.9 Å². The highest BCUT2D eigenvalue weighted by Crippen LogP contribution is 2.39. The second kappa shape index (κ2) is 7.70. The van der Waals surface area contributed by atoms with Gasteiger partial charge in [0.2, 0.25) is 11.8 Å². The second-order valence-corrected chi connectivity index (χ2v) is 7.37. The van der Waals surface area contributed by atoms with Crippen LogP contribution in [0.25, 0.3) is 0 Å². The Hall–Kier alpha value is -2.02. The topological polar surface area (TPSA) is 60.9 Å². The Morgan fingerprint density at radius 2 is 2.04 bits per heavy atom. The number of β-amino-alcohol motifs (C(OH)–C–C–N with tert-alkyl or cyclic N) is 1. The van der Waals surface area contributed by atoms with Crippen LogP contribution < -0.4 is 0 Å². The van der Waals surface area contributed by atoms with Crippen LogP contribution in [0.3, 0.4) is 0 Å². The summed E-state index contributed by atoms with van der Waals surface area (Å²) in [5.74, 6) is -1.50. The molecule has 1 aromatic carbocycles. The summed E-state index contributed by atoms with van der Waals surface area (Å²) in [6.45, 7) is 1.92. The van der Waals surface area contributed by atoms with E-state index in [4.69, 9.17) is 5.11 Å². The molecule has 0 aliphatic carbocycles. The molecule has 2 fully saturated rings. The number of hydrogen-bond acceptors (Lipinski definition) is 3. The minimum atomic E-state index is -0.706. The van der Waals surface area contributed by atoms with Crippen molar-refractivity contribution in [1.82, 2.24) is 9.80 Å². The van der Waals surface area contributed by atoms with Crippen LogP contribution in [0.5, 0.6) is 0 Å². The molecule has 5 nitrogen and oxygen atoms in total. The third-order valence-corrected chi connectivity index (χ3v) is 5.49. The zero-order valence-corrected chi connectivity index (χ0v) is 14.7. The molecule has 0 bridgehead atoms. The number of amides is 2. The molecule has 2 saturated heterocycles. The van der Waals surface area contributed by atoms with Gasteiger partial charge in [-0.15, -0.1) is 0 Å². The Labute approximate surface area is 151 Å². The molecule has 2 aliphatic heterocycles. The smallest absolute Gasteiger partial charge is 0.227 e. The van der Waals surface area contributed by atoms with E-state index in [0.29, 0.717) is 32.6 Å². The van der Waals surface area contributed by atoms with E-state index in [0.717, 1.165) is 31.4 Å². The first-order chi connectivity index (χ1) is 12.4. The summed E-state index contributed by atoms with van der Waals surface area (Å²) in [7, 11) is 0. The van der Waals surface area contributed by atoms with Crippen molar-refractivity contribution in [1.29, 1.82) is 0 Å². The standard InChI is InChI=1S/C19H24F2N2O3/c20-15-3-2-14(16(21)11-15)10-18(26)22-7-1-5-19(12-22)6-4-17(25)23(13-19)8-9-24/h2-3,11,24H,1,4-10,12-13H2/t19-/m1/s1. The fourth-order valence-electron chi connectivity index (χ4n) is 4.12. The van der Waals surface area contributed by atoms with Gasteiger partial charge in [-0.25, -0.2) is 8.78 Å². The molecule has 2 heterocycles. The fourth-order valence-corrected chi connectivity index (χ4v) is 4.12. The van der Waals surface area contributed by atoms with Crippen LogP contribution in [0.15, 0.2) is 18.2 Å². The molecule has 0 radical (unpaired) electrons. The highest BCUT2D eigenvalue weighted by molar-refractivity contribution is 5.79. The first-order valence-corrected chi connectivity index (χ1v) is 9.03. The Kier molecular flexibility index (Phi) is 5.55. The van der Waals surface area contributed by atoms with Gasteiger partial charge >= 0.3 is 0 Å². The monoisotopic (exact) mass is 366 g/mol. The van der Waals surface area contributed by atoms with E-state index in [1.165, 1.54) is 6.07 Å². The number of piperidine rings is 2. The van der Waals surface area contributed by atoms with Gasteiger partial charge in [0, 0.05) is 44.1 Å². The molecule has 2 amide bonds. The normalized spacial score (nSPS) is 23.6. The molecule has 1 N–H and O–H groups in total. The van der Waals surface area contributed by atoms with Gasteiger partial charge in [-0.05, 0) is 30.9 Å². The Morgan fingerprint density at radius 1 is 1.23 bits per heavy atom. The summed E-state index contributed by atoms with van der Waals surface area (Å²) in [6, 6.07) is 3.26. The van der Waals surface area contributed by atoms with Crippen molar-refractivity contribution in [3.05, 3.63) is 35.4 Å². The average Bonchev–Trinajstić information content (AvgIpc) is 2.61. The molecule has 2 aliphatic rings. The lowest BCUT2D eigenvalue weighted by molar-refractivity contribution is -0.143. The van der Waals surface area contributed by atoms with E-state index < -0.39 is 11.6 Å². The van der Waals surface area contributed by atoms with Crippen LogP contribution in [0, 0.1) is 17.0 Å². The molecule has 7 heteroatoms. The van der Waals surface area contributed by atoms with Crippen LogP contribution in [0.1, 0.15) is 31.2 Å². The molecule has 1 aromatic rings. The highest BCUT2D eigenvalue weighted by atomic mass is 19.1. The number of rotatable bonds is 4. The van der Waals surface area contributed by atoms with Crippen LogP contribution in [-0.2, 0) is 16.0 Å². The van der Waals surface area contributed by atoms with Gasteiger partial charge in [0.05, 0.1) is 13.0 Å². The molecule has 1 spiro atoms. The lowest BCUT2D eigenvalue weighted by Gasteiger charge is -2.48. The van der Waals surface area contributed by atoms with Crippen LogP contribution in [0.2, 0.25) is 0 Å². The molecular formula is C19H24F2N2O3. The van der Waals surface area contributed by atoms with Crippen molar-refractivity contribution >= 4 is 11.8 Å². The zero-order valence-electron chi connectivity index (χ0n) is 14.7. The number of hydrogen-bond donors (Lipinski definition) is 1. The van der Waals surface area contributed by atoms with Crippen molar-refractivity contribution in [2.75, 3.05) is 32.8 Å². The molecule has 26 heavy (non-hydrogen) atoms. The Balaban J connectivity index is 1.67. The van der Waals surface area contributed by atoms with Crippen molar-refractivity contribution < 1.29 is 23.5 Å². The molecule has 0 saturated carbocycles. The summed E-state index contributed by atoms with van der Waals surface area (Å²) in [4.78, 5) is 28.1. The summed E-state index contributed by atoms with van der Waals surface area (Å²) >= 11 is 0. The van der Waals surface area contributed by atoms with Gasteiger partial charge in [0.1, 0.15) is 11.6 Å². The maximum absolute atomic E-state index is 13.8. The highest BCUT2D eigenvalue weighted by Gasteiger charge is 2.42. The van der Waals surface area contributed by atoms with Gasteiger partial charge in [-0.2, -0.15) is 0 Å². The Morgan fingerprint density at radius 3 is 2.77 bits per heavy atom. The summed E-state index contributed by atoms with van der Waals surface area (Å²) < 4.78 is 26.9. The predicted molar refractivity (Wildman–Crippen MR) is 91.2 cm³/mol. The minimum Gasteiger partial charge on any atom is -0.395 e. The first kappa shape index (κ1) is 18.8. The second-order valence-electron chi connectivity index (χ2n) is 7.37.